The molecule has 0 rings (SSSR count). The van der Waals surface area contributed by atoms with Gasteiger partial charge >= 0.3 is 57.3 Å². The van der Waals surface area contributed by atoms with E-state index < -0.39 is 21.2 Å². The molecule has 0 fully saturated rings. The molecule has 8 heavy (non-hydrogen) atoms. The first kappa shape index (κ1) is 7.67. The second-order valence-electron chi connectivity index (χ2n) is 0.979. The molecular formula is C3H7IN3O-. The molecule has 0 aliphatic rings. The normalized spacial score (nSPS) is 8.62. The van der Waals surface area contributed by atoms with Crippen molar-refractivity contribution in [2.24, 2.45) is 16.5 Å². The Morgan fingerprint density at radius 1 is 1.62 bits per heavy atom. The van der Waals surface area contributed by atoms with Gasteiger partial charge in [-0.05, 0) is 0 Å². The summed E-state index contributed by atoms with van der Waals surface area (Å²) in [5.74, 6) is -0.142. The third kappa shape index (κ3) is 3.85. The van der Waals surface area contributed by atoms with Crippen LogP contribution in [-0.2, 0) is 0 Å². The van der Waals surface area contributed by atoms with Crippen molar-refractivity contribution in [1.29, 1.82) is 0 Å². The van der Waals surface area contributed by atoms with Gasteiger partial charge in [-0.15, -0.1) is 0 Å². The molecule has 0 aromatic rings. The van der Waals surface area contributed by atoms with E-state index in [4.69, 9.17) is 11.5 Å². The summed E-state index contributed by atoms with van der Waals surface area (Å²) in [4.78, 5) is 15.4. The molecule has 0 aromatic heterocycles. The van der Waals surface area contributed by atoms with Gasteiger partial charge in [-0.25, -0.2) is 0 Å². The molecule has 0 aliphatic carbocycles. The van der Waals surface area contributed by atoms with E-state index >= 15 is 0 Å². The summed E-state index contributed by atoms with van der Waals surface area (Å²) in [5, 5.41) is 0. The fraction of sp³-hybridized carbons (Fsp3) is 0.333. The van der Waals surface area contributed by atoms with E-state index in [2.05, 4.69) is 4.99 Å². The SMILES string of the molecule is C[I-]C(=O)N=C(N)N. The molecule has 5 heteroatoms. The molecule has 0 atom stereocenters. The van der Waals surface area contributed by atoms with Gasteiger partial charge in [-0.2, -0.15) is 0 Å². The third-order valence-corrected chi connectivity index (χ3v) is 1.54. The standard InChI is InChI=1S/C3H7IN3O/c1-4-2(8)7-3(5)6/h1H3,(H4,5,6,7,8)/q-1. The first-order valence-corrected chi connectivity index (χ1v) is 5.03. The molecule has 0 unspecified atom stereocenters. The van der Waals surface area contributed by atoms with E-state index in [0.29, 0.717) is 0 Å². The number of carbonyl (C=O) groups excluding carboxylic acids is 1. The summed E-state index contributed by atoms with van der Waals surface area (Å²) >= 11 is -0.475. The number of nitrogens with two attached hydrogens (primary N) is 2. The van der Waals surface area contributed by atoms with Gasteiger partial charge in [0.05, 0.1) is 0 Å². The summed E-state index contributed by atoms with van der Waals surface area (Å²) in [6, 6.07) is 0. The van der Waals surface area contributed by atoms with Crippen molar-refractivity contribution in [2.45, 2.75) is 0 Å². The van der Waals surface area contributed by atoms with Crippen molar-refractivity contribution < 1.29 is 26.0 Å². The van der Waals surface area contributed by atoms with Crippen LogP contribution in [0, 0.1) is 0 Å². The van der Waals surface area contributed by atoms with E-state index in [1.165, 1.54) is 0 Å². The monoisotopic (exact) mass is 228 g/mol. The summed E-state index contributed by atoms with van der Waals surface area (Å²) in [7, 11) is 0. The topological polar surface area (TPSA) is 81.5 Å². The average molecular weight is 228 g/mol. The van der Waals surface area contributed by atoms with E-state index in [1.807, 2.05) is 0 Å². The van der Waals surface area contributed by atoms with E-state index in [-0.39, 0.29) is 9.87 Å². The second kappa shape index (κ2) is 3.65. The quantitative estimate of drug-likeness (QED) is 0.120. The zero-order valence-corrected chi connectivity index (χ0v) is 6.55. The Hall–Kier alpha value is -0.330. The Bertz CT molecular complexity index is 118. The van der Waals surface area contributed by atoms with Crippen LogP contribution in [0.25, 0.3) is 0 Å². The van der Waals surface area contributed by atoms with Gasteiger partial charge in [0.1, 0.15) is 0 Å². The number of aliphatic imine (C=N–C) groups is 1. The molecule has 4 nitrogen and oxygen atoms in total. The van der Waals surface area contributed by atoms with Crippen LogP contribution in [0.4, 0.5) is 4.79 Å². The number of carbonyl (C=O) groups is 1. The number of rotatable bonds is 1. The summed E-state index contributed by atoms with van der Waals surface area (Å²) in [5.41, 5.74) is 9.79. The van der Waals surface area contributed by atoms with Crippen molar-refractivity contribution >= 4 is 9.87 Å². The van der Waals surface area contributed by atoms with Crippen molar-refractivity contribution in [1.82, 2.24) is 0 Å². The van der Waals surface area contributed by atoms with Gasteiger partial charge in [0.15, 0.2) is 0 Å². The maximum absolute atomic E-state index is 10.3. The Morgan fingerprint density at radius 3 is 2.25 bits per heavy atom. The van der Waals surface area contributed by atoms with Gasteiger partial charge in [-0.3, -0.25) is 0 Å². The Balaban J connectivity index is 3.70. The molecule has 0 spiro atoms. The van der Waals surface area contributed by atoms with E-state index in [9.17, 15) is 4.79 Å². The number of hydrogen-bond acceptors (Lipinski definition) is 1. The van der Waals surface area contributed by atoms with Crippen LogP contribution in [0.2, 0.25) is 0 Å². The number of hydrogen-bond donors (Lipinski definition) is 2. The van der Waals surface area contributed by atoms with Gasteiger partial charge in [-0.1, -0.05) is 0 Å². The Morgan fingerprint density at radius 2 is 2.12 bits per heavy atom. The van der Waals surface area contributed by atoms with Crippen LogP contribution in [0.5, 0.6) is 0 Å². The number of guanidine groups is 1. The molecule has 4 N–H and O–H groups in total. The number of halogens is 1. The average Bonchev–Trinajstić information content (AvgIpc) is 1.65. The summed E-state index contributed by atoms with van der Waals surface area (Å²) in [6.07, 6.45) is 0. The van der Waals surface area contributed by atoms with Crippen LogP contribution in [0.1, 0.15) is 0 Å². The van der Waals surface area contributed by atoms with Crippen LogP contribution in [0.3, 0.4) is 0 Å². The molecule has 0 aliphatic heterocycles. The summed E-state index contributed by atoms with van der Waals surface area (Å²) < 4.78 is -0.177. The molecule has 0 saturated carbocycles. The zero-order chi connectivity index (χ0) is 6.57. The predicted octanol–water partition coefficient (Wildman–Crippen LogP) is -3.90. The second-order valence-corrected chi connectivity index (χ2v) is 2.98. The molecule has 0 bridgehead atoms. The molecule has 48 valence electrons. The van der Waals surface area contributed by atoms with Crippen LogP contribution in [-0.4, -0.2) is 14.8 Å². The fourth-order valence-corrected chi connectivity index (χ4v) is 0.664. The molecule has 1 amide bonds. The molecule has 0 radical (unpaired) electrons. The predicted molar refractivity (Wildman–Crippen MR) is 27.1 cm³/mol. The van der Waals surface area contributed by atoms with E-state index in [0.717, 1.165) is 0 Å². The van der Waals surface area contributed by atoms with Crippen LogP contribution < -0.4 is 32.7 Å². The third-order valence-electron chi connectivity index (χ3n) is 0.379. The minimum atomic E-state index is -0.475. The van der Waals surface area contributed by atoms with Crippen molar-refractivity contribution in [3.8, 4) is 0 Å². The van der Waals surface area contributed by atoms with Gasteiger partial charge in [0.2, 0.25) is 0 Å². The van der Waals surface area contributed by atoms with Gasteiger partial charge in [0, 0.05) is 0 Å². The fourth-order valence-electron chi connectivity index (χ4n) is 0.144. The van der Waals surface area contributed by atoms with Crippen molar-refractivity contribution in [3.63, 3.8) is 0 Å². The molecular weight excluding hydrogens is 221 g/mol. The molecule has 0 aromatic carbocycles. The van der Waals surface area contributed by atoms with Crippen molar-refractivity contribution in [2.75, 3.05) is 4.93 Å². The number of nitrogens with zero attached hydrogens (tertiary/aromatic N) is 1. The van der Waals surface area contributed by atoms with E-state index in [1.54, 1.807) is 4.93 Å². The van der Waals surface area contributed by atoms with Crippen LogP contribution in [0.15, 0.2) is 4.99 Å². The van der Waals surface area contributed by atoms with Gasteiger partial charge < -0.3 is 0 Å². The minimum absolute atomic E-state index is 0.142. The maximum atomic E-state index is 10.3. The number of alkyl halides is 1. The summed E-state index contributed by atoms with van der Waals surface area (Å²) in [6.45, 7) is 0. The Kier molecular flexibility index (Phi) is 3.49. The first-order chi connectivity index (χ1) is 3.66. The van der Waals surface area contributed by atoms with Crippen LogP contribution >= 0.6 is 0 Å². The first-order valence-electron chi connectivity index (χ1n) is 1.80. The van der Waals surface area contributed by atoms with Crippen molar-refractivity contribution in [3.05, 3.63) is 0 Å². The van der Waals surface area contributed by atoms with Gasteiger partial charge in [0.25, 0.3) is 0 Å². The Labute approximate surface area is 57.6 Å². The zero-order valence-electron chi connectivity index (χ0n) is 4.39. The molecule has 0 heterocycles. The molecule has 0 saturated heterocycles. The number of amides is 1.